The van der Waals surface area contributed by atoms with Crippen molar-refractivity contribution in [2.45, 2.75) is 66.2 Å². The highest BCUT2D eigenvalue weighted by molar-refractivity contribution is 5.83. The van der Waals surface area contributed by atoms with Gasteiger partial charge < -0.3 is 0 Å². The average molecular weight is 723 g/mol. The van der Waals surface area contributed by atoms with Gasteiger partial charge in [0.2, 0.25) is 0 Å². The Hall–Kier alpha value is -6.34. The van der Waals surface area contributed by atoms with E-state index in [1.807, 2.05) is 0 Å². The van der Waals surface area contributed by atoms with Gasteiger partial charge in [-0.15, -0.1) is 0 Å². The van der Waals surface area contributed by atoms with Crippen LogP contribution in [0, 0.1) is 37.5 Å². The minimum Gasteiger partial charge on any atom is -0.0654 e. The number of benzene rings is 7. The molecule has 0 bridgehead atoms. The van der Waals surface area contributed by atoms with Gasteiger partial charge in [0.15, 0.2) is 0 Å². The maximum Gasteiger partial charge on any atom is 0.0330 e. The predicted octanol–water partition coefficient (Wildman–Crippen LogP) is 14.5. The summed E-state index contributed by atoms with van der Waals surface area (Å²) in [7, 11) is 0. The normalized spacial score (nSPS) is 10.6. The van der Waals surface area contributed by atoms with Crippen LogP contribution in [0.4, 0.5) is 0 Å². The standard InChI is InChI=1S/C56H50/c1-5-7-19-43-29-35-53(49(39-43)33-31-47-25-15-17-27-51(47)45-21-11-9-12-22-45)55-37-42(4)56(38-41(55)3)54-36-30-44(20-8-6-2)40-50(54)34-32-48-26-16-18-28-52(48)46-23-13-10-14-24-46/h9-18,21-30,35-40H,5-8,19-20H2,1-4H3. The summed E-state index contributed by atoms with van der Waals surface area (Å²) >= 11 is 0. The van der Waals surface area contributed by atoms with Crippen LogP contribution >= 0.6 is 0 Å². The van der Waals surface area contributed by atoms with Gasteiger partial charge >= 0.3 is 0 Å². The SMILES string of the molecule is CCCCc1ccc(-c2cc(C)c(-c3ccc(CCCC)cc3C#Cc3ccccc3-c3ccccc3)cc2C)c(C#Cc2ccccc2-c2ccccc2)c1. The van der Waals surface area contributed by atoms with Crippen molar-refractivity contribution in [3.8, 4) is 68.2 Å². The number of hydrogen-bond donors (Lipinski definition) is 0. The summed E-state index contributed by atoms with van der Waals surface area (Å²) in [5.74, 6) is 14.5. The highest BCUT2D eigenvalue weighted by Gasteiger charge is 2.15. The minimum atomic E-state index is 1.04. The van der Waals surface area contributed by atoms with E-state index in [4.69, 9.17) is 0 Å². The van der Waals surface area contributed by atoms with Crippen molar-refractivity contribution >= 4 is 0 Å². The fourth-order valence-corrected chi connectivity index (χ4v) is 7.52. The molecule has 0 nitrogen and oxygen atoms in total. The predicted molar refractivity (Wildman–Crippen MR) is 240 cm³/mol. The van der Waals surface area contributed by atoms with Gasteiger partial charge in [-0.2, -0.15) is 0 Å². The summed E-state index contributed by atoms with van der Waals surface area (Å²) in [6.07, 6.45) is 6.76. The van der Waals surface area contributed by atoms with Crippen molar-refractivity contribution in [2.75, 3.05) is 0 Å². The lowest BCUT2D eigenvalue weighted by Crippen LogP contribution is -1.96. The summed E-state index contributed by atoms with van der Waals surface area (Å²) in [6, 6.07) is 56.6. The Morgan fingerprint density at radius 2 is 0.714 bits per heavy atom. The molecule has 0 radical (unpaired) electrons. The molecule has 0 fully saturated rings. The molecule has 0 N–H and O–H groups in total. The summed E-state index contributed by atoms with van der Waals surface area (Å²) in [5.41, 5.74) is 18.8. The van der Waals surface area contributed by atoms with Crippen LogP contribution in [-0.4, -0.2) is 0 Å². The zero-order chi connectivity index (χ0) is 38.7. The Morgan fingerprint density at radius 3 is 1.12 bits per heavy atom. The second-order valence-corrected chi connectivity index (χ2v) is 14.8. The largest absolute Gasteiger partial charge is 0.0654 e. The Morgan fingerprint density at radius 1 is 0.339 bits per heavy atom. The number of aryl methyl sites for hydroxylation is 4. The van der Waals surface area contributed by atoms with Crippen LogP contribution in [0.3, 0.4) is 0 Å². The van der Waals surface area contributed by atoms with E-state index in [2.05, 4.69) is 209 Å². The van der Waals surface area contributed by atoms with E-state index < -0.39 is 0 Å². The molecule has 0 atom stereocenters. The molecule has 7 rings (SSSR count). The van der Waals surface area contributed by atoms with Crippen LogP contribution in [0.25, 0.3) is 44.5 Å². The Bertz CT molecular complexity index is 2380. The first-order valence-corrected chi connectivity index (χ1v) is 20.2. The molecular formula is C56H50. The van der Waals surface area contributed by atoms with E-state index >= 15 is 0 Å². The molecule has 0 saturated carbocycles. The number of rotatable bonds is 10. The summed E-state index contributed by atoms with van der Waals surface area (Å²) in [4.78, 5) is 0. The third-order valence-corrected chi connectivity index (χ3v) is 10.6. The van der Waals surface area contributed by atoms with Crippen LogP contribution < -0.4 is 0 Å². The highest BCUT2D eigenvalue weighted by atomic mass is 14.2. The van der Waals surface area contributed by atoms with E-state index in [1.165, 1.54) is 68.5 Å². The van der Waals surface area contributed by atoms with Crippen molar-refractivity contribution in [1.29, 1.82) is 0 Å². The second kappa shape index (κ2) is 18.3. The van der Waals surface area contributed by atoms with Crippen molar-refractivity contribution in [1.82, 2.24) is 0 Å². The van der Waals surface area contributed by atoms with Crippen LogP contribution in [0.2, 0.25) is 0 Å². The molecule has 0 aliphatic carbocycles. The molecule has 0 aliphatic heterocycles. The van der Waals surface area contributed by atoms with Gasteiger partial charge in [-0.05, 0) is 131 Å². The topological polar surface area (TPSA) is 0 Å². The van der Waals surface area contributed by atoms with Gasteiger partial charge in [-0.3, -0.25) is 0 Å². The van der Waals surface area contributed by atoms with Crippen molar-refractivity contribution in [3.05, 3.63) is 202 Å². The Kier molecular flexibility index (Phi) is 12.4. The first-order chi connectivity index (χ1) is 27.5. The molecule has 0 aliphatic rings. The van der Waals surface area contributed by atoms with E-state index in [0.29, 0.717) is 0 Å². The fourth-order valence-electron chi connectivity index (χ4n) is 7.52. The van der Waals surface area contributed by atoms with Gasteiger partial charge in [-0.25, -0.2) is 0 Å². The van der Waals surface area contributed by atoms with Crippen LogP contribution in [0.15, 0.2) is 158 Å². The quantitative estimate of drug-likeness (QED) is 0.123. The van der Waals surface area contributed by atoms with Gasteiger partial charge in [0.1, 0.15) is 0 Å². The molecule has 274 valence electrons. The van der Waals surface area contributed by atoms with Crippen LogP contribution in [0.5, 0.6) is 0 Å². The van der Waals surface area contributed by atoms with Crippen molar-refractivity contribution < 1.29 is 0 Å². The molecule has 0 spiro atoms. The first kappa shape index (κ1) is 38.0. The monoisotopic (exact) mass is 722 g/mol. The maximum atomic E-state index is 3.66. The molecule has 56 heavy (non-hydrogen) atoms. The molecule has 7 aromatic rings. The molecular weight excluding hydrogens is 673 g/mol. The molecule has 0 heterocycles. The molecule has 0 unspecified atom stereocenters. The zero-order valence-electron chi connectivity index (χ0n) is 33.3. The van der Waals surface area contributed by atoms with E-state index in [0.717, 1.165) is 59.1 Å². The molecule has 0 saturated heterocycles. The Balaban J connectivity index is 1.31. The minimum absolute atomic E-state index is 1.04. The smallest absolute Gasteiger partial charge is 0.0330 e. The Labute approximate surface area is 335 Å². The third kappa shape index (κ3) is 8.95. The van der Waals surface area contributed by atoms with Gasteiger partial charge in [-0.1, -0.05) is 184 Å². The molecule has 7 aromatic carbocycles. The van der Waals surface area contributed by atoms with Gasteiger partial charge in [0, 0.05) is 22.3 Å². The van der Waals surface area contributed by atoms with E-state index in [1.54, 1.807) is 0 Å². The average Bonchev–Trinajstić information content (AvgIpc) is 3.25. The zero-order valence-corrected chi connectivity index (χ0v) is 33.3. The lowest BCUT2D eigenvalue weighted by molar-refractivity contribution is 0.795. The van der Waals surface area contributed by atoms with Crippen LogP contribution in [0.1, 0.15) is 84.0 Å². The maximum absolute atomic E-state index is 3.66. The van der Waals surface area contributed by atoms with Crippen molar-refractivity contribution in [3.63, 3.8) is 0 Å². The van der Waals surface area contributed by atoms with Crippen LogP contribution in [-0.2, 0) is 12.8 Å². The second-order valence-electron chi connectivity index (χ2n) is 14.8. The van der Waals surface area contributed by atoms with Gasteiger partial charge in [0.05, 0.1) is 0 Å². The first-order valence-electron chi connectivity index (χ1n) is 20.2. The highest BCUT2D eigenvalue weighted by Crippen LogP contribution is 2.36. The lowest BCUT2D eigenvalue weighted by Gasteiger charge is -2.17. The number of hydrogen-bond acceptors (Lipinski definition) is 0. The van der Waals surface area contributed by atoms with E-state index in [-0.39, 0.29) is 0 Å². The third-order valence-electron chi connectivity index (χ3n) is 10.6. The van der Waals surface area contributed by atoms with Gasteiger partial charge in [0.25, 0.3) is 0 Å². The van der Waals surface area contributed by atoms with E-state index in [9.17, 15) is 0 Å². The summed E-state index contributed by atoms with van der Waals surface area (Å²) in [6.45, 7) is 8.98. The molecule has 0 heteroatoms. The lowest BCUT2D eigenvalue weighted by atomic mass is 9.87. The summed E-state index contributed by atoms with van der Waals surface area (Å²) < 4.78 is 0. The molecule has 0 aromatic heterocycles. The van der Waals surface area contributed by atoms with Crippen molar-refractivity contribution in [2.24, 2.45) is 0 Å². The molecule has 0 amide bonds. The summed E-state index contributed by atoms with van der Waals surface area (Å²) in [5, 5.41) is 0. The fraction of sp³-hybridized carbons (Fsp3) is 0.179. The number of unbranched alkanes of at least 4 members (excludes halogenated alkanes) is 2.